The van der Waals surface area contributed by atoms with Crippen molar-refractivity contribution in [2.75, 3.05) is 19.6 Å². The first-order chi connectivity index (χ1) is 12.2. The molecule has 137 valence electrons. The van der Waals surface area contributed by atoms with E-state index >= 15 is 0 Å². The molecule has 1 aliphatic carbocycles. The first-order valence-electron chi connectivity index (χ1n) is 9.82. The number of hydrogen-bond donors (Lipinski definition) is 1. The van der Waals surface area contributed by atoms with Gasteiger partial charge in [0.05, 0.1) is 0 Å². The molecule has 0 atom stereocenters. The summed E-state index contributed by atoms with van der Waals surface area (Å²) in [5, 5.41) is 0. The predicted octanol–water partition coefficient (Wildman–Crippen LogP) is 4.50. The van der Waals surface area contributed by atoms with Crippen molar-refractivity contribution in [1.82, 2.24) is 4.90 Å². The van der Waals surface area contributed by atoms with Gasteiger partial charge < -0.3 is 15.4 Å². The lowest BCUT2D eigenvalue weighted by Crippen LogP contribution is -2.34. The Morgan fingerprint density at radius 2 is 1.84 bits per heavy atom. The van der Waals surface area contributed by atoms with Crippen molar-refractivity contribution in [3.8, 4) is 5.75 Å². The van der Waals surface area contributed by atoms with E-state index in [-0.39, 0.29) is 0 Å². The minimum atomic E-state index is -0.734. The summed E-state index contributed by atoms with van der Waals surface area (Å²) < 4.78 is 5.18. The molecule has 2 aliphatic rings. The number of likely N-dealkylation sites (tertiary alicyclic amines) is 1. The number of benzene rings is 1. The van der Waals surface area contributed by atoms with E-state index in [1.807, 2.05) is 18.2 Å². The summed E-state index contributed by atoms with van der Waals surface area (Å²) in [6.07, 6.45) is 12.4. The van der Waals surface area contributed by atoms with Crippen molar-refractivity contribution in [3.05, 3.63) is 36.2 Å². The summed E-state index contributed by atoms with van der Waals surface area (Å²) >= 11 is 0. The summed E-state index contributed by atoms with van der Waals surface area (Å²) in [7, 11) is 0. The summed E-state index contributed by atoms with van der Waals surface area (Å²) in [4.78, 5) is 13.6. The third kappa shape index (κ3) is 5.46. The SMILES string of the molecule is NC(=O)Oc1ccccc1C1CCN(C[CH]CC2CCCCC2)CC1. The van der Waals surface area contributed by atoms with Crippen molar-refractivity contribution < 1.29 is 9.53 Å². The van der Waals surface area contributed by atoms with Crippen LogP contribution in [0.3, 0.4) is 0 Å². The number of hydrogen-bond acceptors (Lipinski definition) is 3. The summed E-state index contributed by atoms with van der Waals surface area (Å²) in [5.74, 6) is 2.01. The fourth-order valence-electron chi connectivity index (χ4n) is 4.36. The highest BCUT2D eigenvalue weighted by atomic mass is 16.5. The zero-order valence-electron chi connectivity index (χ0n) is 15.2. The molecule has 1 heterocycles. The Morgan fingerprint density at radius 3 is 2.56 bits per heavy atom. The molecular formula is C21H31N2O2. The van der Waals surface area contributed by atoms with Crippen molar-refractivity contribution in [3.63, 3.8) is 0 Å². The molecule has 2 N–H and O–H groups in total. The van der Waals surface area contributed by atoms with E-state index in [9.17, 15) is 4.79 Å². The van der Waals surface area contributed by atoms with Gasteiger partial charge in [-0.1, -0.05) is 50.3 Å². The number of carbonyl (C=O) groups is 1. The number of nitrogens with zero attached hydrogens (tertiary/aromatic N) is 1. The molecule has 1 radical (unpaired) electrons. The molecule has 4 heteroatoms. The normalized spacial score (nSPS) is 20.5. The highest BCUT2D eigenvalue weighted by molar-refractivity contribution is 5.68. The van der Waals surface area contributed by atoms with Crippen LogP contribution in [0.5, 0.6) is 5.75 Å². The fourth-order valence-corrected chi connectivity index (χ4v) is 4.36. The van der Waals surface area contributed by atoms with Gasteiger partial charge >= 0.3 is 6.09 Å². The Morgan fingerprint density at radius 1 is 1.12 bits per heavy atom. The minimum absolute atomic E-state index is 0.449. The van der Waals surface area contributed by atoms with Crippen LogP contribution in [0.1, 0.15) is 62.8 Å². The molecule has 0 aromatic heterocycles. The molecule has 4 nitrogen and oxygen atoms in total. The lowest BCUT2D eigenvalue weighted by molar-refractivity contribution is 0.206. The highest BCUT2D eigenvalue weighted by Gasteiger charge is 2.23. The van der Waals surface area contributed by atoms with Crippen LogP contribution in [0, 0.1) is 12.3 Å². The third-order valence-electron chi connectivity index (χ3n) is 5.77. The van der Waals surface area contributed by atoms with Gasteiger partial charge in [0.1, 0.15) is 5.75 Å². The molecule has 1 aromatic carbocycles. The monoisotopic (exact) mass is 343 g/mol. The Labute approximate surface area is 151 Å². The average molecular weight is 343 g/mol. The van der Waals surface area contributed by atoms with Crippen molar-refractivity contribution in [1.29, 1.82) is 0 Å². The lowest BCUT2D eigenvalue weighted by Gasteiger charge is -2.33. The van der Waals surface area contributed by atoms with Crippen LogP contribution < -0.4 is 10.5 Å². The molecule has 3 rings (SSSR count). The standard InChI is InChI=1S/C21H31N2O2/c22-21(24)25-20-11-5-4-10-19(20)18-12-15-23(16-13-18)14-6-9-17-7-2-1-3-8-17/h4-6,10-11,17-18H,1-3,7-9,12-16H2,(H2,22,24). The van der Waals surface area contributed by atoms with E-state index in [1.165, 1.54) is 38.5 Å². The zero-order chi connectivity index (χ0) is 17.5. The summed E-state index contributed by atoms with van der Waals surface area (Å²) in [5.41, 5.74) is 6.31. The summed E-state index contributed by atoms with van der Waals surface area (Å²) in [6.45, 7) is 3.33. The number of ether oxygens (including phenoxy) is 1. The maximum absolute atomic E-state index is 11.1. The van der Waals surface area contributed by atoms with Crippen LogP contribution in [0.15, 0.2) is 24.3 Å². The second-order valence-corrected chi connectivity index (χ2v) is 7.56. The number of primary amides is 1. The van der Waals surface area contributed by atoms with E-state index in [0.717, 1.165) is 44.0 Å². The van der Waals surface area contributed by atoms with Crippen molar-refractivity contribution in [2.24, 2.45) is 11.7 Å². The van der Waals surface area contributed by atoms with Crippen LogP contribution in [0.25, 0.3) is 0 Å². The number of nitrogens with two attached hydrogens (primary N) is 1. The van der Waals surface area contributed by atoms with Crippen LogP contribution in [0.2, 0.25) is 0 Å². The average Bonchev–Trinajstić information content (AvgIpc) is 2.63. The summed E-state index contributed by atoms with van der Waals surface area (Å²) in [6, 6.07) is 7.79. The molecule has 1 saturated carbocycles. The quantitative estimate of drug-likeness (QED) is 0.827. The van der Waals surface area contributed by atoms with Gasteiger partial charge in [-0.2, -0.15) is 0 Å². The van der Waals surface area contributed by atoms with Gasteiger partial charge in [0.25, 0.3) is 0 Å². The Bertz CT molecular complexity index is 547. The van der Waals surface area contributed by atoms with Crippen LogP contribution >= 0.6 is 0 Å². The van der Waals surface area contributed by atoms with E-state index < -0.39 is 6.09 Å². The van der Waals surface area contributed by atoms with Crippen LogP contribution in [-0.2, 0) is 0 Å². The first-order valence-corrected chi connectivity index (χ1v) is 9.82. The Hall–Kier alpha value is -1.55. The number of amides is 1. The van der Waals surface area contributed by atoms with Gasteiger partial charge in [0.2, 0.25) is 0 Å². The van der Waals surface area contributed by atoms with Gasteiger partial charge in [-0.25, -0.2) is 4.79 Å². The van der Waals surface area contributed by atoms with Crippen molar-refractivity contribution in [2.45, 2.75) is 57.3 Å². The fraction of sp³-hybridized carbons (Fsp3) is 0.619. The minimum Gasteiger partial charge on any atom is -0.410 e. The smallest absolute Gasteiger partial charge is 0.409 e. The highest BCUT2D eigenvalue weighted by Crippen LogP contribution is 2.34. The van der Waals surface area contributed by atoms with E-state index in [1.54, 1.807) is 0 Å². The molecule has 0 spiro atoms. The predicted molar refractivity (Wildman–Crippen MR) is 101 cm³/mol. The van der Waals surface area contributed by atoms with Gasteiger partial charge in [-0.05, 0) is 62.2 Å². The molecule has 1 aliphatic heterocycles. The van der Waals surface area contributed by atoms with E-state index in [4.69, 9.17) is 10.5 Å². The molecule has 25 heavy (non-hydrogen) atoms. The third-order valence-corrected chi connectivity index (χ3v) is 5.77. The van der Waals surface area contributed by atoms with Crippen LogP contribution in [0.4, 0.5) is 4.79 Å². The second-order valence-electron chi connectivity index (χ2n) is 7.56. The second kappa shape index (κ2) is 9.23. The number of carbonyl (C=O) groups excluding carboxylic acids is 1. The Kier molecular flexibility index (Phi) is 6.74. The molecule has 1 aromatic rings. The maximum Gasteiger partial charge on any atom is 0.409 e. The zero-order valence-corrected chi connectivity index (χ0v) is 15.2. The topological polar surface area (TPSA) is 55.6 Å². The van der Waals surface area contributed by atoms with Crippen molar-refractivity contribution >= 4 is 6.09 Å². The first kappa shape index (κ1) is 18.2. The van der Waals surface area contributed by atoms with Crippen LogP contribution in [-0.4, -0.2) is 30.6 Å². The maximum atomic E-state index is 11.1. The van der Waals surface area contributed by atoms with Gasteiger partial charge in [-0.3, -0.25) is 0 Å². The molecular weight excluding hydrogens is 312 g/mol. The molecule has 2 fully saturated rings. The molecule has 1 amide bonds. The largest absolute Gasteiger partial charge is 0.410 e. The Balaban J connectivity index is 1.43. The number of rotatable bonds is 6. The molecule has 1 saturated heterocycles. The van der Waals surface area contributed by atoms with E-state index in [0.29, 0.717) is 11.7 Å². The van der Waals surface area contributed by atoms with Gasteiger partial charge in [0, 0.05) is 6.54 Å². The molecule has 0 unspecified atom stereocenters. The number of piperidine rings is 1. The molecule has 0 bridgehead atoms. The number of para-hydroxylation sites is 1. The van der Waals surface area contributed by atoms with Gasteiger partial charge in [0.15, 0.2) is 0 Å². The van der Waals surface area contributed by atoms with Gasteiger partial charge in [-0.15, -0.1) is 0 Å². The lowest BCUT2D eigenvalue weighted by atomic mass is 9.86. The van der Waals surface area contributed by atoms with E-state index in [2.05, 4.69) is 17.4 Å².